The van der Waals surface area contributed by atoms with Crippen molar-refractivity contribution in [1.29, 1.82) is 0 Å². The topological polar surface area (TPSA) is 90.5 Å². The highest BCUT2D eigenvalue weighted by atomic mass is 16.2. The molecule has 1 atom stereocenters. The van der Waals surface area contributed by atoms with Gasteiger partial charge in [-0.2, -0.15) is 0 Å². The summed E-state index contributed by atoms with van der Waals surface area (Å²) in [6.45, 7) is 2.21. The molecule has 1 fully saturated rings. The van der Waals surface area contributed by atoms with E-state index in [4.69, 9.17) is 0 Å². The van der Waals surface area contributed by atoms with E-state index in [9.17, 15) is 14.4 Å². The minimum absolute atomic E-state index is 0.0911. The summed E-state index contributed by atoms with van der Waals surface area (Å²) in [5.74, 6) is -0.493. The van der Waals surface area contributed by atoms with Gasteiger partial charge in [0, 0.05) is 38.8 Å². The van der Waals surface area contributed by atoms with Crippen molar-refractivity contribution in [3.8, 4) is 0 Å². The zero-order valence-corrected chi connectivity index (χ0v) is 16.5. The number of amides is 3. The molecule has 29 heavy (non-hydrogen) atoms. The summed E-state index contributed by atoms with van der Waals surface area (Å²) in [5.41, 5.74) is 2.48. The van der Waals surface area contributed by atoms with E-state index in [1.807, 2.05) is 41.3 Å². The molecule has 0 aliphatic carbocycles. The average Bonchev–Trinajstić information content (AvgIpc) is 2.75. The fraction of sp³-hybridized carbons (Fsp3) is 0.318. The highest BCUT2D eigenvalue weighted by Gasteiger charge is 2.31. The van der Waals surface area contributed by atoms with Crippen LogP contribution in [0.4, 0.5) is 0 Å². The van der Waals surface area contributed by atoms with Crippen LogP contribution in [0.1, 0.15) is 27.9 Å². The first-order valence-corrected chi connectivity index (χ1v) is 9.70. The van der Waals surface area contributed by atoms with Crippen molar-refractivity contribution in [3.05, 3.63) is 71.3 Å². The van der Waals surface area contributed by atoms with Gasteiger partial charge >= 0.3 is 0 Å². The highest BCUT2D eigenvalue weighted by molar-refractivity contribution is 5.94. The molecule has 0 spiro atoms. The third-order valence-electron chi connectivity index (χ3n) is 4.95. The maximum absolute atomic E-state index is 12.5. The van der Waals surface area contributed by atoms with Crippen molar-refractivity contribution in [2.24, 2.45) is 0 Å². The largest absolute Gasteiger partial charge is 0.355 e. The van der Waals surface area contributed by atoms with E-state index in [-0.39, 0.29) is 24.1 Å². The average molecular weight is 394 g/mol. The Balaban J connectivity index is 1.59. The predicted octanol–water partition coefficient (Wildman–Crippen LogP) is 1.05. The van der Waals surface area contributed by atoms with Gasteiger partial charge in [-0.3, -0.25) is 19.3 Å². The number of piperazine rings is 1. The molecule has 1 heterocycles. The number of rotatable bonds is 7. The maximum atomic E-state index is 12.5. The van der Waals surface area contributed by atoms with Gasteiger partial charge in [0.1, 0.15) is 0 Å². The molecular weight excluding hydrogens is 368 g/mol. The highest BCUT2D eigenvalue weighted by Crippen LogP contribution is 2.14. The summed E-state index contributed by atoms with van der Waals surface area (Å²) in [6.07, 6.45) is 0.0911. The number of nitrogens with one attached hydrogen (secondary N) is 3. The second-order valence-corrected chi connectivity index (χ2v) is 7.02. The Labute approximate surface area is 170 Å². The zero-order chi connectivity index (χ0) is 20.6. The molecule has 7 heteroatoms. The monoisotopic (exact) mass is 394 g/mol. The summed E-state index contributed by atoms with van der Waals surface area (Å²) in [7, 11) is 1.58. The summed E-state index contributed by atoms with van der Waals surface area (Å²) in [4.78, 5) is 38.7. The molecule has 3 N–H and O–H groups in total. The van der Waals surface area contributed by atoms with Crippen LogP contribution in [-0.4, -0.2) is 48.8 Å². The van der Waals surface area contributed by atoms with Crippen molar-refractivity contribution in [2.75, 3.05) is 20.1 Å². The molecule has 1 aliphatic rings. The van der Waals surface area contributed by atoms with Gasteiger partial charge in [-0.1, -0.05) is 42.5 Å². The number of hydrogen-bond donors (Lipinski definition) is 3. The van der Waals surface area contributed by atoms with Crippen LogP contribution in [0.25, 0.3) is 0 Å². The van der Waals surface area contributed by atoms with E-state index >= 15 is 0 Å². The van der Waals surface area contributed by atoms with Crippen LogP contribution in [0.3, 0.4) is 0 Å². The van der Waals surface area contributed by atoms with Gasteiger partial charge in [-0.05, 0) is 23.3 Å². The standard InChI is InChI=1S/C22H26N4O3/c1-23-21(28)18-9-5-8-17(12-18)14-25-20(27)13-19-22(29)24-10-11-26(19)15-16-6-3-2-4-7-16/h2-9,12,19H,10-11,13-15H2,1H3,(H,23,28)(H,24,29)(H,25,27). The van der Waals surface area contributed by atoms with E-state index in [1.165, 1.54) is 0 Å². The Bertz CT molecular complexity index is 869. The first-order valence-electron chi connectivity index (χ1n) is 9.70. The van der Waals surface area contributed by atoms with Gasteiger partial charge in [0.25, 0.3) is 5.91 Å². The minimum atomic E-state index is -0.499. The molecule has 1 unspecified atom stereocenters. The van der Waals surface area contributed by atoms with E-state index in [2.05, 4.69) is 16.0 Å². The van der Waals surface area contributed by atoms with Crippen LogP contribution >= 0.6 is 0 Å². The van der Waals surface area contributed by atoms with Gasteiger partial charge < -0.3 is 16.0 Å². The van der Waals surface area contributed by atoms with Crippen molar-refractivity contribution < 1.29 is 14.4 Å². The van der Waals surface area contributed by atoms with Gasteiger partial charge in [-0.15, -0.1) is 0 Å². The molecular formula is C22H26N4O3. The number of carbonyl (C=O) groups is 3. The van der Waals surface area contributed by atoms with E-state index in [1.54, 1.807) is 25.2 Å². The zero-order valence-electron chi connectivity index (χ0n) is 16.5. The Morgan fingerprint density at radius 2 is 1.86 bits per heavy atom. The molecule has 2 aromatic carbocycles. The Morgan fingerprint density at radius 3 is 2.62 bits per heavy atom. The minimum Gasteiger partial charge on any atom is -0.355 e. The molecule has 1 saturated heterocycles. The van der Waals surface area contributed by atoms with Crippen LogP contribution < -0.4 is 16.0 Å². The van der Waals surface area contributed by atoms with Gasteiger partial charge in [-0.25, -0.2) is 0 Å². The van der Waals surface area contributed by atoms with E-state index < -0.39 is 6.04 Å². The number of nitrogens with zero attached hydrogens (tertiary/aromatic N) is 1. The van der Waals surface area contributed by atoms with Gasteiger partial charge in [0.05, 0.1) is 12.5 Å². The lowest BCUT2D eigenvalue weighted by Crippen LogP contribution is -2.56. The van der Waals surface area contributed by atoms with Crippen LogP contribution in [0.5, 0.6) is 0 Å². The van der Waals surface area contributed by atoms with Crippen molar-refractivity contribution in [3.63, 3.8) is 0 Å². The molecule has 2 aromatic rings. The fourth-order valence-corrected chi connectivity index (χ4v) is 3.41. The van der Waals surface area contributed by atoms with Crippen molar-refractivity contribution >= 4 is 17.7 Å². The van der Waals surface area contributed by atoms with Gasteiger partial charge in [0.15, 0.2) is 0 Å². The lowest BCUT2D eigenvalue weighted by atomic mass is 10.1. The molecule has 0 radical (unpaired) electrons. The quantitative estimate of drug-likeness (QED) is 0.655. The molecule has 1 aliphatic heterocycles. The third-order valence-corrected chi connectivity index (χ3v) is 4.95. The first kappa shape index (κ1) is 20.5. The molecule has 0 aromatic heterocycles. The number of benzene rings is 2. The second kappa shape index (κ2) is 9.84. The van der Waals surface area contributed by atoms with Crippen molar-refractivity contribution in [2.45, 2.75) is 25.6 Å². The third kappa shape index (κ3) is 5.65. The van der Waals surface area contributed by atoms with Crippen LogP contribution in [-0.2, 0) is 22.7 Å². The lowest BCUT2D eigenvalue weighted by molar-refractivity contribution is -0.134. The molecule has 0 bridgehead atoms. The maximum Gasteiger partial charge on any atom is 0.251 e. The molecule has 0 saturated carbocycles. The summed E-state index contributed by atoms with van der Waals surface area (Å²) in [5, 5.41) is 8.29. The van der Waals surface area contributed by atoms with Crippen LogP contribution in [0, 0.1) is 0 Å². The lowest BCUT2D eigenvalue weighted by Gasteiger charge is -2.34. The van der Waals surface area contributed by atoms with Crippen molar-refractivity contribution in [1.82, 2.24) is 20.9 Å². The second-order valence-electron chi connectivity index (χ2n) is 7.02. The first-order chi connectivity index (χ1) is 14.1. The predicted molar refractivity (Wildman–Crippen MR) is 110 cm³/mol. The van der Waals surface area contributed by atoms with Crippen LogP contribution in [0.15, 0.2) is 54.6 Å². The Morgan fingerprint density at radius 1 is 1.10 bits per heavy atom. The Kier molecular flexibility index (Phi) is 6.97. The van der Waals surface area contributed by atoms with Crippen LogP contribution in [0.2, 0.25) is 0 Å². The fourth-order valence-electron chi connectivity index (χ4n) is 3.41. The molecule has 3 amide bonds. The number of carbonyl (C=O) groups excluding carboxylic acids is 3. The van der Waals surface area contributed by atoms with E-state index in [0.29, 0.717) is 31.7 Å². The van der Waals surface area contributed by atoms with Gasteiger partial charge in [0.2, 0.25) is 11.8 Å². The smallest absolute Gasteiger partial charge is 0.251 e. The normalized spacial score (nSPS) is 16.7. The number of hydrogen-bond acceptors (Lipinski definition) is 4. The molecule has 3 rings (SSSR count). The van der Waals surface area contributed by atoms with E-state index in [0.717, 1.165) is 11.1 Å². The molecule has 7 nitrogen and oxygen atoms in total. The molecule has 152 valence electrons. The SMILES string of the molecule is CNC(=O)c1cccc(CNC(=O)CC2C(=O)NCCN2Cc2ccccc2)c1. The summed E-state index contributed by atoms with van der Waals surface area (Å²) >= 11 is 0. The summed E-state index contributed by atoms with van der Waals surface area (Å²) in [6, 6.07) is 16.5. The Hall–Kier alpha value is -3.19. The summed E-state index contributed by atoms with van der Waals surface area (Å²) < 4.78 is 0.